The zero-order chi connectivity index (χ0) is 15.1. The van der Waals surface area contributed by atoms with E-state index >= 15 is 0 Å². The van der Waals surface area contributed by atoms with Gasteiger partial charge in [-0.1, -0.05) is 0 Å². The second-order valence-corrected chi connectivity index (χ2v) is 5.35. The molecule has 3 heterocycles. The van der Waals surface area contributed by atoms with Crippen LogP contribution in [0.15, 0.2) is 30.7 Å². The van der Waals surface area contributed by atoms with Gasteiger partial charge in [-0.25, -0.2) is 9.97 Å². The van der Waals surface area contributed by atoms with Gasteiger partial charge in [-0.15, -0.1) is 0 Å². The van der Waals surface area contributed by atoms with E-state index < -0.39 is 0 Å². The van der Waals surface area contributed by atoms with Crippen molar-refractivity contribution in [3.05, 3.63) is 36.3 Å². The fourth-order valence-corrected chi connectivity index (χ4v) is 2.56. The Balaban J connectivity index is 1.70. The molecule has 0 fully saturated rings. The molecule has 1 aliphatic rings. The number of aromatic nitrogens is 3. The summed E-state index contributed by atoms with van der Waals surface area (Å²) < 4.78 is 13.2. The highest BCUT2D eigenvalue weighted by molar-refractivity contribution is 5.78. The molecule has 0 saturated heterocycles. The van der Waals surface area contributed by atoms with Gasteiger partial charge in [0.2, 0.25) is 0 Å². The number of hydrogen-bond donors (Lipinski definition) is 1. The van der Waals surface area contributed by atoms with Gasteiger partial charge in [0.15, 0.2) is 11.5 Å². The third-order valence-electron chi connectivity index (χ3n) is 3.76. The monoisotopic (exact) mass is 296 g/mol. The van der Waals surface area contributed by atoms with Gasteiger partial charge in [0.1, 0.15) is 24.5 Å². The quantitative estimate of drug-likeness (QED) is 0.788. The fourth-order valence-electron chi connectivity index (χ4n) is 2.56. The Morgan fingerprint density at radius 3 is 2.68 bits per heavy atom. The minimum Gasteiger partial charge on any atom is -0.486 e. The highest BCUT2D eigenvalue weighted by Crippen LogP contribution is 2.36. The van der Waals surface area contributed by atoms with Crippen LogP contribution in [-0.4, -0.2) is 27.7 Å². The van der Waals surface area contributed by atoms with E-state index in [1.807, 2.05) is 36.7 Å². The van der Waals surface area contributed by atoms with Gasteiger partial charge in [0, 0.05) is 24.9 Å². The van der Waals surface area contributed by atoms with Crippen molar-refractivity contribution in [1.82, 2.24) is 14.5 Å². The van der Waals surface area contributed by atoms with E-state index in [1.54, 1.807) is 12.5 Å². The summed E-state index contributed by atoms with van der Waals surface area (Å²) in [6, 6.07) is 5.93. The Hall–Kier alpha value is -2.76. The second-order valence-electron chi connectivity index (χ2n) is 5.35. The van der Waals surface area contributed by atoms with Crippen molar-refractivity contribution in [2.45, 2.75) is 6.92 Å². The summed E-state index contributed by atoms with van der Waals surface area (Å²) >= 11 is 0. The molecular formula is C16H16N4O2. The van der Waals surface area contributed by atoms with E-state index in [0.29, 0.717) is 13.2 Å². The largest absolute Gasteiger partial charge is 0.486 e. The molecule has 6 nitrogen and oxygen atoms in total. The number of pyridine rings is 1. The van der Waals surface area contributed by atoms with E-state index in [-0.39, 0.29) is 0 Å². The van der Waals surface area contributed by atoms with Gasteiger partial charge in [-0.2, -0.15) is 0 Å². The molecular weight excluding hydrogens is 280 g/mol. The number of ether oxygens (including phenoxy) is 2. The van der Waals surface area contributed by atoms with Crippen molar-refractivity contribution in [1.29, 1.82) is 0 Å². The average Bonchev–Trinajstić information content (AvgIpc) is 2.89. The zero-order valence-corrected chi connectivity index (χ0v) is 12.5. The molecule has 112 valence electrons. The SMILES string of the molecule is Cc1cc2c(cc1Nc1cc3c(cn1)ncn3C)OCCO2. The number of imidazole rings is 1. The average molecular weight is 296 g/mol. The molecule has 1 aromatic carbocycles. The van der Waals surface area contributed by atoms with Gasteiger partial charge in [-0.05, 0) is 18.6 Å². The number of anilines is 2. The molecule has 2 aromatic heterocycles. The maximum atomic E-state index is 5.63. The van der Waals surface area contributed by atoms with Gasteiger partial charge >= 0.3 is 0 Å². The lowest BCUT2D eigenvalue weighted by molar-refractivity contribution is 0.171. The standard InChI is InChI=1S/C16H16N4O2/c1-10-5-14-15(22-4-3-21-14)6-11(10)19-16-7-13-12(8-17-16)18-9-20(13)2/h5-9H,3-4H2,1-2H3,(H,17,19). The number of aryl methyl sites for hydroxylation is 2. The van der Waals surface area contributed by atoms with Crippen LogP contribution in [-0.2, 0) is 7.05 Å². The van der Waals surface area contributed by atoms with Crippen LogP contribution in [0.2, 0.25) is 0 Å². The highest BCUT2D eigenvalue weighted by atomic mass is 16.6. The van der Waals surface area contributed by atoms with E-state index in [1.165, 1.54) is 0 Å². The van der Waals surface area contributed by atoms with Crippen molar-refractivity contribution < 1.29 is 9.47 Å². The number of benzene rings is 1. The predicted molar refractivity (Wildman–Crippen MR) is 84.0 cm³/mol. The lowest BCUT2D eigenvalue weighted by Gasteiger charge is -2.20. The van der Waals surface area contributed by atoms with Crippen LogP contribution in [0.1, 0.15) is 5.56 Å². The molecule has 0 radical (unpaired) electrons. The number of fused-ring (bicyclic) bond motifs is 2. The highest BCUT2D eigenvalue weighted by Gasteiger charge is 2.14. The van der Waals surface area contributed by atoms with Crippen molar-refractivity contribution in [2.24, 2.45) is 7.05 Å². The van der Waals surface area contributed by atoms with Crippen LogP contribution in [0.5, 0.6) is 11.5 Å². The molecule has 0 atom stereocenters. The maximum absolute atomic E-state index is 5.63. The predicted octanol–water partition coefficient (Wildman–Crippen LogP) is 2.79. The molecule has 6 heteroatoms. The summed E-state index contributed by atoms with van der Waals surface area (Å²) in [6.07, 6.45) is 3.55. The smallest absolute Gasteiger partial charge is 0.163 e. The fraction of sp³-hybridized carbons (Fsp3) is 0.250. The van der Waals surface area contributed by atoms with Crippen LogP contribution in [0.3, 0.4) is 0 Å². The molecule has 0 spiro atoms. The first kappa shape index (κ1) is 12.9. The lowest BCUT2D eigenvalue weighted by atomic mass is 10.1. The van der Waals surface area contributed by atoms with Gasteiger partial charge in [-0.3, -0.25) is 0 Å². The normalized spacial score (nSPS) is 13.4. The number of nitrogens with one attached hydrogen (secondary N) is 1. The molecule has 1 N–H and O–H groups in total. The number of rotatable bonds is 2. The Morgan fingerprint density at radius 2 is 1.86 bits per heavy atom. The van der Waals surface area contributed by atoms with Crippen molar-refractivity contribution in [3.8, 4) is 11.5 Å². The topological polar surface area (TPSA) is 61.2 Å². The zero-order valence-electron chi connectivity index (χ0n) is 12.5. The second kappa shape index (κ2) is 4.91. The van der Waals surface area contributed by atoms with Crippen LogP contribution >= 0.6 is 0 Å². The summed E-state index contributed by atoms with van der Waals surface area (Å²) in [5.74, 6) is 2.33. The molecule has 1 aliphatic heterocycles. The summed E-state index contributed by atoms with van der Waals surface area (Å²) in [7, 11) is 1.97. The Kier molecular flexibility index (Phi) is 2.89. The van der Waals surface area contributed by atoms with Crippen molar-refractivity contribution in [3.63, 3.8) is 0 Å². The van der Waals surface area contributed by atoms with Gasteiger partial charge in [0.05, 0.1) is 18.0 Å². The van der Waals surface area contributed by atoms with Gasteiger partial charge < -0.3 is 19.4 Å². The van der Waals surface area contributed by atoms with E-state index in [4.69, 9.17) is 9.47 Å². The third-order valence-corrected chi connectivity index (χ3v) is 3.76. The van der Waals surface area contributed by atoms with Crippen LogP contribution < -0.4 is 14.8 Å². The van der Waals surface area contributed by atoms with Gasteiger partial charge in [0.25, 0.3) is 0 Å². The minimum absolute atomic E-state index is 0.578. The molecule has 0 amide bonds. The van der Waals surface area contributed by atoms with Crippen LogP contribution in [0.4, 0.5) is 11.5 Å². The summed E-state index contributed by atoms with van der Waals surface area (Å²) in [5, 5.41) is 3.34. The first-order chi connectivity index (χ1) is 10.7. The molecule has 4 rings (SSSR count). The molecule has 0 aliphatic carbocycles. The summed E-state index contributed by atoms with van der Waals surface area (Å²) in [5.41, 5.74) is 3.95. The Bertz CT molecular complexity index is 857. The van der Waals surface area contributed by atoms with E-state index in [9.17, 15) is 0 Å². The summed E-state index contributed by atoms with van der Waals surface area (Å²) in [6.45, 7) is 3.20. The molecule has 22 heavy (non-hydrogen) atoms. The maximum Gasteiger partial charge on any atom is 0.163 e. The lowest BCUT2D eigenvalue weighted by Crippen LogP contribution is -2.15. The Morgan fingerprint density at radius 1 is 1.09 bits per heavy atom. The molecule has 0 bridgehead atoms. The van der Waals surface area contributed by atoms with Crippen molar-refractivity contribution in [2.75, 3.05) is 18.5 Å². The minimum atomic E-state index is 0.578. The number of nitrogens with zero attached hydrogens (tertiary/aromatic N) is 3. The van der Waals surface area contributed by atoms with E-state index in [2.05, 4.69) is 15.3 Å². The van der Waals surface area contributed by atoms with Crippen LogP contribution in [0, 0.1) is 6.92 Å². The summed E-state index contributed by atoms with van der Waals surface area (Å²) in [4.78, 5) is 8.69. The first-order valence-electron chi connectivity index (χ1n) is 7.15. The molecule has 0 saturated carbocycles. The third kappa shape index (κ3) is 2.13. The van der Waals surface area contributed by atoms with Crippen LogP contribution in [0.25, 0.3) is 11.0 Å². The molecule has 3 aromatic rings. The van der Waals surface area contributed by atoms with Crippen molar-refractivity contribution >= 4 is 22.5 Å². The first-order valence-corrected chi connectivity index (χ1v) is 7.15. The molecule has 0 unspecified atom stereocenters. The number of hydrogen-bond acceptors (Lipinski definition) is 5. The Labute approximate surface area is 127 Å². The van der Waals surface area contributed by atoms with E-state index in [0.717, 1.165) is 39.6 Å².